The zero-order valence-electron chi connectivity index (χ0n) is 12.1. The van der Waals surface area contributed by atoms with Gasteiger partial charge in [-0.15, -0.1) is 0 Å². The van der Waals surface area contributed by atoms with Crippen molar-refractivity contribution in [3.63, 3.8) is 0 Å². The van der Waals surface area contributed by atoms with Gasteiger partial charge in [0.15, 0.2) is 0 Å². The van der Waals surface area contributed by atoms with Crippen LogP contribution in [-0.2, 0) is 4.79 Å². The zero-order valence-corrected chi connectivity index (χ0v) is 12.1. The first-order chi connectivity index (χ1) is 9.06. The summed E-state index contributed by atoms with van der Waals surface area (Å²) in [6.07, 6.45) is 4.09. The Kier molecular flexibility index (Phi) is 4.64. The van der Waals surface area contributed by atoms with Gasteiger partial charge in [0.2, 0.25) is 5.91 Å². The van der Waals surface area contributed by atoms with Crippen LogP contribution in [-0.4, -0.2) is 29.9 Å². The molecule has 0 bridgehead atoms. The number of nitrogens with one attached hydrogen (secondary N) is 1. The molecule has 1 saturated carbocycles. The molecule has 4 heteroatoms. The van der Waals surface area contributed by atoms with Crippen LogP contribution in [0.25, 0.3) is 0 Å². The van der Waals surface area contributed by atoms with Crippen molar-refractivity contribution >= 4 is 5.91 Å². The second kappa shape index (κ2) is 6.24. The molecule has 4 nitrogen and oxygen atoms in total. The molecule has 106 valence electrons. The zero-order chi connectivity index (χ0) is 13.8. The van der Waals surface area contributed by atoms with E-state index in [1.54, 1.807) is 6.26 Å². The van der Waals surface area contributed by atoms with Crippen LogP contribution < -0.4 is 5.32 Å². The smallest absolute Gasteiger partial charge is 0.234 e. The second-order valence-corrected chi connectivity index (χ2v) is 5.86. The number of nitrogens with zero attached hydrogens (tertiary/aromatic N) is 1. The van der Waals surface area contributed by atoms with Gasteiger partial charge in [-0.3, -0.25) is 9.69 Å². The number of hydrogen-bond acceptors (Lipinski definition) is 3. The van der Waals surface area contributed by atoms with Crippen molar-refractivity contribution in [3.05, 3.63) is 24.2 Å². The largest absolute Gasteiger partial charge is 0.467 e. The highest BCUT2D eigenvalue weighted by Crippen LogP contribution is 2.27. The molecule has 1 aliphatic rings. The van der Waals surface area contributed by atoms with Crippen molar-refractivity contribution in [2.24, 2.45) is 5.92 Å². The predicted octanol–water partition coefficient (Wildman–Crippen LogP) is 2.58. The summed E-state index contributed by atoms with van der Waals surface area (Å²) < 4.78 is 5.30. The van der Waals surface area contributed by atoms with E-state index in [9.17, 15) is 4.79 Å². The summed E-state index contributed by atoms with van der Waals surface area (Å²) in [6, 6.07) is 4.28. The molecule has 1 aromatic heterocycles. The Labute approximate surface area is 115 Å². The average molecular weight is 264 g/mol. The third kappa shape index (κ3) is 4.39. The molecule has 2 rings (SSSR count). The van der Waals surface area contributed by atoms with Gasteiger partial charge in [-0.25, -0.2) is 0 Å². The first-order valence-corrected chi connectivity index (χ1v) is 7.13. The molecule has 0 radical (unpaired) electrons. The Morgan fingerprint density at radius 1 is 1.47 bits per heavy atom. The lowest BCUT2D eigenvalue weighted by molar-refractivity contribution is -0.123. The highest BCUT2D eigenvalue weighted by atomic mass is 16.3. The number of hydrogen-bond donors (Lipinski definition) is 1. The van der Waals surface area contributed by atoms with E-state index in [4.69, 9.17) is 4.42 Å². The maximum atomic E-state index is 12.1. The fourth-order valence-corrected chi connectivity index (χ4v) is 2.33. The summed E-state index contributed by atoms with van der Waals surface area (Å²) in [7, 11) is 0. The van der Waals surface area contributed by atoms with Crippen molar-refractivity contribution in [2.75, 3.05) is 13.1 Å². The van der Waals surface area contributed by atoms with Crippen LogP contribution in [0.15, 0.2) is 22.8 Å². The molecule has 1 atom stereocenters. The molecule has 0 unspecified atom stereocenters. The van der Waals surface area contributed by atoms with Gasteiger partial charge in [0.05, 0.1) is 18.8 Å². The third-order valence-electron chi connectivity index (χ3n) is 3.36. The van der Waals surface area contributed by atoms with E-state index >= 15 is 0 Å². The summed E-state index contributed by atoms with van der Waals surface area (Å²) in [6.45, 7) is 7.82. The number of carbonyl (C=O) groups is 1. The van der Waals surface area contributed by atoms with Crippen LogP contribution in [0, 0.1) is 5.92 Å². The molecule has 1 fully saturated rings. The summed E-state index contributed by atoms with van der Waals surface area (Å²) in [5.74, 6) is 1.47. The van der Waals surface area contributed by atoms with Gasteiger partial charge in [0.1, 0.15) is 5.76 Å². The molecule has 1 amide bonds. The van der Waals surface area contributed by atoms with Crippen LogP contribution in [0.4, 0.5) is 0 Å². The van der Waals surface area contributed by atoms with E-state index in [2.05, 4.69) is 24.1 Å². The molecule has 19 heavy (non-hydrogen) atoms. The Morgan fingerprint density at radius 3 is 2.74 bits per heavy atom. The summed E-state index contributed by atoms with van der Waals surface area (Å²) >= 11 is 0. The maximum Gasteiger partial charge on any atom is 0.234 e. The molecule has 1 aromatic rings. The lowest BCUT2D eigenvalue weighted by Crippen LogP contribution is -2.40. The third-order valence-corrected chi connectivity index (χ3v) is 3.36. The van der Waals surface area contributed by atoms with Gasteiger partial charge >= 0.3 is 0 Å². The highest BCUT2D eigenvalue weighted by Gasteiger charge is 2.30. The van der Waals surface area contributed by atoms with Crippen molar-refractivity contribution in [3.8, 4) is 0 Å². The molecular formula is C15H24N2O2. The quantitative estimate of drug-likeness (QED) is 0.823. The topological polar surface area (TPSA) is 45.5 Å². The first-order valence-electron chi connectivity index (χ1n) is 7.13. The molecule has 1 heterocycles. The van der Waals surface area contributed by atoms with E-state index in [1.165, 1.54) is 12.8 Å². The normalized spacial score (nSPS) is 16.9. The van der Waals surface area contributed by atoms with Crippen LogP contribution in [0.1, 0.15) is 45.4 Å². The van der Waals surface area contributed by atoms with Gasteiger partial charge in [-0.05, 0) is 37.8 Å². The van der Waals surface area contributed by atoms with E-state index < -0.39 is 0 Å². The number of amides is 1. The first kappa shape index (κ1) is 14.1. The molecular weight excluding hydrogens is 240 g/mol. The van der Waals surface area contributed by atoms with Crippen LogP contribution >= 0.6 is 0 Å². The minimum Gasteiger partial charge on any atom is -0.467 e. The van der Waals surface area contributed by atoms with Gasteiger partial charge in [0, 0.05) is 12.6 Å². The van der Waals surface area contributed by atoms with Crippen LogP contribution in [0.5, 0.6) is 0 Å². The summed E-state index contributed by atoms with van der Waals surface area (Å²) in [5, 5.41) is 2.99. The van der Waals surface area contributed by atoms with Gasteiger partial charge in [-0.2, -0.15) is 0 Å². The van der Waals surface area contributed by atoms with Crippen molar-refractivity contribution in [1.82, 2.24) is 10.2 Å². The molecule has 1 N–H and O–H groups in total. The van der Waals surface area contributed by atoms with E-state index in [-0.39, 0.29) is 11.9 Å². The van der Waals surface area contributed by atoms with Crippen LogP contribution in [0.2, 0.25) is 0 Å². The van der Waals surface area contributed by atoms with Crippen molar-refractivity contribution < 1.29 is 9.21 Å². The SMILES string of the molecule is CC(C)CN(CC(=O)N[C@H](C)c1ccco1)C1CC1. The standard InChI is InChI=1S/C15H24N2O2/c1-11(2)9-17(13-6-7-13)10-15(18)16-12(3)14-5-4-8-19-14/h4-5,8,11-13H,6-7,9-10H2,1-3H3,(H,16,18)/t12-/m1/s1. The Balaban J connectivity index is 1.82. The average Bonchev–Trinajstić information content (AvgIpc) is 3.02. The van der Waals surface area contributed by atoms with Crippen molar-refractivity contribution in [2.45, 2.75) is 45.7 Å². The van der Waals surface area contributed by atoms with Gasteiger partial charge < -0.3 is 9.73 Å². The number of rotatable bonds is 7. The molecule has 0 aliphatic heterocycles. The van der Waals surface area contributed by atoms with Crippen molar-refractivity contribution in [1.29, 1.82) is 0 Å². The van der Waals surface area contributed by atoms with E-state index in [0.717, 1.165) is 12.3 Å². The molecule has 0 aromatic carbocycles. The summed E-state index contributed by atoms with van der Waals surface area (Å²) in [5.41, 5.74) is 0. The predicted molar refractivity (Wildman–Crippen MR) is 74.7 cm³/mol. The number of carbonyl (C=O) groups excluding carboxylic acids is 1. The Bertz CT molecular complexity index is 396. The van der Waals surface area contributed by atoms with E-state index in [0.29, 0.717) is 18.5 Å². The minimum atomic E-state index is -0.0670. The maximum absolute atomic E-state index is 12.1. The Hall–Kier alpha value is -1.29. The fourth-order valence-electron chi connectivity index (χ4n) is 2.33. The van der Waals surface area contributed by atoms with Gasteiger partial charge in [-0.1, -0.05) is 13.8 Å². The molecule has 0 saturated heterocycles. The lowest BCUT2D eigenvalue weighted by Gasteiger charge is -2.24. The molecule has 1 aliphatic carbocycles. The summed E-state index contributed by atoms with van der Waals surface area (Å²) in [4.78, 5) is 14.4. The highest BCUT2D eigenvalue weighted by molar-refractivity contribution is 5.78. The number of furan rings is 1. The second-order valence-electron chi connectivity index (χ2n) is 5.86. The fraction of sp³-hybridized carbons (Fsp3) is 0.667. The molecule has 0 spiro atoms. The monoisotopic (exact) mass is 264 g/mol. The van der Waals surface area contributed by atoms with Crippen LogP contribution in [0.3, 0.4) is 0 Å². The van der Waals surface area contributed by atoms with Gasteiger partial charge in [0.25, 0.3) is 0 Å². The minimum absolute atomic E-state index is 0.0670. The van der Waals surface area contributed by atoms with E-state index in [1.807, 2.05) is 19.1 Å². The lowest BCUT2D eigenvalue weighted by atomic mass is 10.2. The Morgan fingerprint density at radius 2 is 2.21 bits per heavy atom.